The number of piperidine rings is 1. The Morgan fingerprint density at radius 1 is 1.48 bits per heavy atom. The molecule has 0 bridgehead atoms. The summed E-state index contributed by atoms with van der Waals surface area (Å²) in [6.45, 7) is 4.98. The van der Waals surface area contributed by atoms with Crippen molar-refractivity contribution in [3.63, 3.8) is 0 Å². The average molecular weight is 295 g/mol. The molecule has 1 saturated heterocycles. The van der Waals surface area contributed by atoms with Crippen LogP contribution in [0.3, 0.4) is 0 Å². The zero-order valence-electron chi connectivity index (χ0n) is 13.2. The summed E-state index contributed by atoms with van der Waals surface area (Å²) in [7, 11) is 4.24. The molecule has 21 heavy (non-hydrogen) atoms. The van der Waals surface area contributed by atoms with Gasteiger partial charge in [0.05, 0.1) is 18.0 Å². The fourth-order valence-electron chi connectivity index (χ4n) is 2.98. The number of pyridine rings is 1. The van der Waals surface area contributed by atoms with Gasteiger partial charge in [0.25, 0.3) is 0 Å². The molecule has 2 rings (SSSR count). The normalized spacial score (nSPS) is 23.2. The van der Waals surface area contributed by atoms with Gasteiger partial charge in [0, 0.05) is 25.0 Å². The van der Waals surface area contributed by atoms with E-state index >= 15 is 0 Å². The fraction of sp³-hybridized carbons (Fsp3) is 0.688. The number of aliphatic hydroxyl groups is 1. The van der Waals surface area contributed by atoms with E-state index in [4.69, 9.17) is 0 Å². The molecule has 0 saturated carbocycles. The Hall–Kier alpha value is -1.04. The number of likely N-dealkylation sites (tertiary alicyclic amines) is 1. The topological polar surface area (TPSA) is 39.6 Å². The summed E-state index contributed by atoms with van der Waals surface area (Å²) in [6.07, 6.45) is 2.94. The van der Waals surface area contributed by atoms with Gasteiger partial charge in [-0.05, 0) is 45.6 Å². The van der Waals surface area contributed by atoms with Gasteiger partial charge in [0.15, 0.2) is 0 Å². The molecule has 1 aliphatic rings. The van der Waals surface area contributed by atoms with E-state index in [0.29, 0.717) is 11.7 Å². The average Bonchev–Trinajstić information content (AvgIpc) is 2.47. The molecule has 0 aromatic carbocycles. The maximum Gasteiger partial charge on any atom is 0.141 e. The second-order valence-electron chi connectivity index (χ2n) is 6.34. The Morgan fingerprint density at radius 2 is 2.24 bits per heavy atom. The van der Waals surface area contributed by atoms with Gasteiger partial charge in [-0.1, -0.05) is 6.92 Å². The molecule has 0 amide bonds. The quantitative estimate of drug-likeness (QED) is 0.901. The van der Waals surface area contributed by atoms with Crippen molar-refractivity contribution in [1.82, 2.24) is 14.8 Å². The lowest BCUT2D eigenvalue weighted by Gasteiger charge is -2.37. The number of halogens is 1. The van der Waals surface area contributed by atoms with Crippen molar-refractivity contribution in [2.45, 2.75) is 31.9 Å². The van der Waals surface area contributed by atoms with E-state index < -0.39 is 6.10 Å². The largest absolute Gasteiger partial charge is 0.386 e. The first-order valence-electron chi connectivity index (χ1n) is 7.65. The number of likely N-dealkylation sites (N-methyl/N-ethyl adjacent to an activating group) is 1. The Kier molecular flexibility index (Phi) is 5.67. The summed E-state index contributed by atoms with van der Waals surface area (Å²) in [5.41, 5.74) is 0.546. The minimum atomic E-state index is -0.648. The van der Waals surface area contributed by atoms with E-state index in [-0.39, 0.29) is 11.7 Å². The lowest BCUT2D eigenvalue weighted by atomic mass is 9.98. The van der Waals surface area contributed by atoms with Gasteiger partial charge in [-0.25, -0.2) is 4.39 Å². The van der Waals surface area contributed by atoms with Gasteiger partial charge in [-0.2, -0.15) is 0 Å². The highest BCUT2D eigenvalue weighted by Gasteiger charge is 2.25. The molecule has 4 nitrogen and oxygen atoms in total. The first-order valence-corrected chi connectivity index (χ1v) is 7.65. The van der Waals surface area contributed by atoms with Gasteiger partial charge in [-0.15, -0.1) is 0 Å². The third-order valence-corrected chi connectivity index (χ3v) is 4.35. The maximum atomic E-state index is 12.9. The molecule has 0 radical (unpaired) electrons. The number of aromatic nitrogens is 1. The maximum absolute atomic E-state index is 12.9. The first-order chi connectivity index (χ1) is 9.97. The summed E-state index contributed by atoms with van der Waals surface area (Å²) >= 11 is 0. The Balaban J connectivity index is 1.91. The number of nitrogens with zero attached hydrogens (tertiary/aromatic N) is 3. The van der Waals surface area contributed by atoms with Crippen LogP contribution in [0.25, 0.3) is 0 Å². The number of hydrogen-bond donors (Lipinski definition) is 1. The van der Waals surface area contributed by atoms with Crippen molar-refractivity contribution < 1.29 is 9.50 Å². The predicted molar refractivity (Wildman–Crippen MR) is 81.5 cm³/mol. The van der Waals surface area contributed by atoms with Crippen LogP contribution in [0, 0.1) is 11.7 Å². The van der Waals surface area contributed by atoms with Crippen LogP contribution in [0.4, 0.5) is 4.39 Å². The molecule has 1 aliphatic heterocycles. The van der Waals surface area contributed by atoms with E-state index in [2.05, 4.69) is 28.9 Å². The van der Waals surface area contributed by atoms with Crippen LogP contribution in [0.15, 0.2) is 18.3 Å². The SMILES string of the molecule is CC(CN1CCCC(N(C)C)C1)C(O)c1ccc(F)cn1. The molecular weight excluding hydrogens is 269 g/mol. The zero-order chi connectivity index (χ0) is 15.4. The van der Waals surface area contributed by atoms with Gasteiger partial charge in [0.1, 0.15) is 5.82 Å². The lowest BCUT2D eigenvalue weighted by Crippen LogP contribution is -2.46. The van der Waals surface area contributed by atoms with Crippen molar-refractivity contribution in [2.75, 3.05) is 33.7 Å². The molecule has 2 heterocycles. The van der Waals surface area contributed by atoms with E-state index in [1.54, 1.807) is 6.07 Å². The van der Waals surface area contributed by atoms with Gasteiger partial charge in [0.2, 0.25) is 0 Å². The minimum absolute atomic E-state index is 0.0730. The smallest absolute Gasteiger partial charge is 0.141 e. The third-order valence-electron chi connectivity index (χ3n) is 4.35. The van der Waals surface area contributed by atoms with Crippen LogP contribution < -0.4 is 0 Å². The van der Waals surface area contributed by atoms with Crippen LogP contribution in [0.1, 0.15) is 31.6 Å². The molecule has 3 atom stereocenters. The summed E-state index contributed by atoms with van der Waals surface area (Å²) in [6, 6.07) is 3.50. The van der Waals surface area contributed by atoms with Gasteiger partial charge >= 0.3 is 0 Å². The van der Waals surface area contributed by atoms with Crippen LogP contribution in [0.2, 0.25) is 0 Å². The Morgan fingerprint density at radius 3 is 2.86 bits per heavy atom. The summed E-state index contributed by atoms with van der Waals surface area (Å²) in [5.74, 6) is -0.299. The second kappa shape index (κ2) is 7.29. The molecular formula is C16H26FN3O. The molecule has 0 spiro atoms. The number of rotatable bonds is 5. The molecule has 5 heteroatoms. The van der Waals surface area contributed by atoms with Crippen LogP contribution in [-0.4, -0.2) is 59.7 Å². The fourth-order valence-corrected chi connectivity index (χ4v) is 2.98. The van der Waals surface area contributed by atoms with Crippen molar-refractivity contribution in [2.24, 2.45) is 5.92 Å². The third kappa shape index (κ3) is 4.46. The monoisotopic (exact) mass is 295 g/mol. The number of aliphatic hydroxyl groups excluding tert-OH is 1. The van der Waals surface area contributed by atoms with Crippen molar-refractivity contribution in [1.29, 1.82) is 0 Å². The summed E-state index contributed by atoms with van der Waals surface area (Å²) < 4.78 is 12.9. The lowest BCUT2D eigenvalue weighted by molar-refractivity contribution is 0.0620. The van der Waals surface area contributed by atoms with E-state index in [1.165, 1.54) is 18.9 Å². The summed E-state index contributed by atoms with van der Waals surface area (Å²) in [5, 5.41) is 10.4. The van der Waals surface area contributed by atoms with E-state index in [9.17, 15) is 9.50 Å². The molecule has 118 valence electrons. The molecule has 1 fully saturated rings. The van der Waals surface area contributed by atoms with Gasteiger partial charge in [-0.3, -0.25) is 4.98 Å². The first kappa shape index (κ1) is 16.3. The summed E-state index contributed by atoms with van der Waals surface area (Å²) in [4.78, 5) is 8.66. The van der Waals surface area contributed by atoms with E-state index in [0.717, 1.165) is 25.8 Å². The Labute approximate surface area is 126 Å². The van der Waals surface area contributed by atoms with Crippen molar-refractivity contribution in [3.05, 3.63) is 29.8 Å². The predicted octanol–water partition coefficient (Wildman–Crippen LogP) is 1.92. The zero-order valence-corrected chi connectivity index (χ0v) is 13.2. The molecule has 1 aromatic heterocycles. The van der Waals surface area contributed by atoms with E-state index in [1.807, 2.05) is 6.92 Å². The number of hydrogen-bond acceptors (Lipinski definition) is 4. The van der Waals surface area contributed by atoms with Gasteiger partial charge < -0.3 is 14.9 Å². The van der Waals surface area contributed by atoms with Crippen molar-refractivity contribution >= 4 is 0 Å². The second-order valence-corrected chi connectivity index (χ2v) is 6.34. The minimum Gasteiger partial charge on any atom is -0.386 e. The molecule has 0 aliphatic carbocycles. The van der Waals surface area contributed by atoms with Crippen molar-refractivity contribution in [3.8, 4) is 0 Å². The standard InChI is InChI=1S/C16H26FN3O/c1-12(16(21)15-7-6-13(17)9-18-15)10-20-8-4-5-14(11-20)19(2)3/h6-7,9,12,14,16,21H,4-5,8,10-11H2,1-3H3. The van der Waals surface area contributed by atoms with Crippen LogP contribution in [0.5, 0.6) is 0 Å². The van der Waals surface area contributed by atoms with Crippen LogP contribution in [-0.2, 0) is 0 Å². The van der Waals surface area contributed by atoms with Crippen LogP contribution >= 0.6 is 0 Å². The highest BCUT2D eigenvalue weighted by Crippen LogP contribution is 2.23. The molecule has 1 N–H and O–H groups in total. The highest BCUT2D eigenvalue weighted by molar-refractivity contribution is 5.09. The highest BCUT2D eigenvalue weighted by atomic mass is 19.1. The molecule has 3 unspecified atom stereocenters. The Bertz CT molecular complexity index is 438. The molecule has 1 aromatic rings.